The molecule has 0 spiro atoms. The number of nitrogens with one attached hydrogen (secondary N) is 1. The molecule has 0 radical (unpaired) electrons. The molecule has 0 aromatic heterocycles. The van der Waals surface area contributed by atoms with E-state index in [0.29, 0.717) is 0 Å². The van der Waals surface area contributed by atoms with E-state index in [2.05, 4.69) is 33.1 Å². The van der Waals surface area contributed by atoms with Gasteiger partial charge in [-0.05, 0) is 38.5 Å². The fourth-order valence-electron chi connectivity index (χ4n) is 1.25. The van der Waals surface area contributed by atoms with Gasteiger partial charge in [0, 0.05) is 10.9 Å². The minimum absolute atomic E-state index is 0.273. The quantitative estimate of drug-likeness (QED) is 0.668. The summed E-state index contributed by atoms with van der Waals surface area (Å²) < 4.78 is 5.10. The van der Waals surface area contributed by atoms with Crippen molar-refractivity contribution in [3.63, 3.8) is 0 Å². The minimum atomic E-state index is -0.483. The third-order valence-electron chi connectivity index (χ3n) is 2.06. The largest absolute Gasteiger partial charge is 0.444 e. The summed E-state index contributed by atoms with van der Waals surface area (Å²) in [5.74, 6) is 5.86. The molecule has 1 rings (SSSR count). The molecule has 0 fully saturated rings. The third-order valence-corrected chi connectivity index (χ3v) is 2.71. The molecule has 0 aliphatic carbocycles. The zero-order chi connectivity index (χ0) is 14.3. The summed E-state index contributed by atoms with van der Waals surface area (Å²) in [6, 6.07) is 7.94. The highest BCUT2D eigenvalue weighted by molar-refractivity contribution is 9.08. The van der Waals surface area contributed by atoms with Crippen molar-refractivity contribution in [2.45, 2.75) is 31.7 Å². The van der Waals surface area contributed by atoms with Gasteiger partial charge in [-0.25, -0.2) is 4.79 Å². The van der Waals surface area contributed by atoms with Crippen LogP contribution in [0.25, 0.3) is 0 Å². The van der Waals surface area contributed by atoms with Gasteiger partial charge < -0.3 is 10.1 Å². The maximum Gasteiger partial charge on any atom is 0.408 e. The second-order valence-electron chi connectivity index (χ2n) is 4.99. The predicted molar refractivity (Wildman–Crippen MR) is 80.2 cm³/mol. The fourth-order valence-corrected chi connectivity index (χ4v) is 1.63. The van der Waals surface area contributed by atoms with E-state index in [4.69, 9.17) is 4.74 Å². The number of amides is 1. The molecule has 102 valence electrons. The average Bonchev–Trinajstić information content (AvgIpc) is 2.33. The average molecular weight is 324 g/mol. The fraction of sp³-hybridized carbons (Fsp3) is 0.400. The molecule has 4 heteroatoms. The van der Waals surface area contributed by atoms with Crippen LogP contribution < -0.4 is 5.32 Å². The Bertz CT molecular complexity index is 478. The van der Waals surface area contributed by atoms with Crippen molar-refractivity contribution in [1.82, 2.24) is 5.32 Å². The second-order valence-corrected chi connectivity index (χ2v) is 5.55. The summed E-state index contributed by atoms with van der Waals surface area (Å²) in [5.41, 5.74) is 1.65. The Balaban J connectivity index is 2.40. The predicted octanol–water partition coefficient (Wildman–Crippen LogP) is 3.46. The van der Waals surface area contributed by atoms with E-state index < -0.39 is 11.7 Å². The monoisotopic (exact) mass is 323 g/mol. The Kier molecular flexibility index (Phi) is 5.91. The summed E-state index contributed by atoms with van der Waals surface area (Å²) >= 11 is 3.39. The van der Waals surface area contributed by atoms with Crippen LogP contribution in [-0.4, -0.2) is 18.2 Å². The Morgan fingerprint density at radius 3 is 2.47 bits per heavy atom. The van der Waals surface area contributed by atoms with Crippen LogP contribution in [0, 0.1) is 11.8 Å². The van der Waals surface area contributed by atoms with E-state index in [1.807, 2.05) is 45.0 Å². The molecule has 1 amide bonds. The Morgan fingerprint density at radius 1 is 1.32 bits per heavy atom. The van der Waals surface area contributed by atoms with Gasteiger partial charge in [0.05, 0.1) is 6.54 Å². The number of alkyl halides is 1. The Morgan fingerprint density at radius 2 is 1.95 bits per heavy atom. The van der Waals surface area contributed by atoms with Crippen molar-refractivity contribution in [1.29, 1.82) is 0 Å². The van der Waals surface area contributed by atoms with E-state index >= 15 is 0 Å². The van der Waals surface area contributed by atoms with Crippen molar-refractivity contribution in [2.24, 2.45) is 0 Å². The molecule has 0 heterocycles. The molecule has 0 atom stereocenters. The van der Waals surface area contributed by atoms with Crippen LogP contribution in [0.4, 0.5) is 4.79 Å². The number of rotatable bonds is 2. The van der Waals surface area contributed by atoms with E-state index in [1.54, 1.807) is 0 Å². The first-order valence-corrected chi connectivity index (χ1v) is 7.13. The number of ether oxygens (including phenoxy) is 1. The number of hydrogen-bond acceptors (Lipinski definition) is 2. The van der Waals surface area contributed by atoms with E-state index in [1.165, 1.54) is 5.56 Å². The van der Waals surface area contributed by atoms with Crippen molar-refractivity contribution in [3.8, 4) is 11.8 Å². The first-order valence-electron chi connectivity index (χ1n) is 6.01. The number of alkyl carbamates (subject to hydrolysis) is 1. The smallest absolute Gasteiger partial charge is 0.408 e. The van der Waals surface area contributed by atoms with Crippen LogP contribution in [0.2, 0.25) is 0 Å². The highest BCUT2D eigenvalue weighted by atomic mass is 79.9. The summed E-state index contributed by atoms with van der Waals surface area (Å²) in [6.45, 7) is 5.74. The SMILES string of the molecule is CC(C)(C)OC(=O)NCC#Cc1ccc(CBr)cc1. The lowest BCUT2D eigenvalue weighted by atomic mass is 10.1. The molecular weight excluding hydrogens is 306 g/mol. The number of halogens is 1. The van der Waals surface area contributed by atoms with Crippen LogP contribution in [0.15, 0.2) is 24.3 Å². The van der Waals surface area contributed by atoms with Gasteiger partial charge in [-0.2, -0.15) is 0 Å². The van der Waals surface area contributed by atoms with Gasteiger partial charge in [0.25, 0.3) is 0 Å². The van der Waals surface area contributed by atoms with Crippen LogP contribution in [0.5, 0.6) is 0 Å². The van der Waals surface area contributed by atoms with Gasteiger partial charge in [0.2, 0.25) is 0 Å². The van der Waals surface area contributed by atoms with Crippen molar-refractivity contribution < 1.29 is 9.53 Å². The zero-order valence-corrected chi connectivity index (χ0v) is 13.0. The maximum absolute atomic E-state index is 11.3. The number of carbonyl (C=O) groups excluding carboxylic acids is 1. The first kappa shape index (κ1) is 15.6. The molecule has 3 nitrogen and oxygen atoms in total. The molecule has 0 bridgehead atoms. The van der Waals surface area contributed by atoms with Gasteiger partial charge in [-0.1, -0.05) is 39.9 Å². The molecular formula is C15H18BrNO2. The number of carbonyl (C=O) groups is 1. The van der Waals surface area contributed by atoms with Gasteiger partial charge >= 0.3 is 6.09 Å². The minimum Gasteiger partial charge on any atom is -0.444 e. The molecule has 0 saturated carbocycles. The molecule has 1 N–H and O–H groups in total. The lowest BCUT2D eigenvalue weighted by molar-refractivity contribution is 0.0535. The third kappa shape index (κ3) is 6.88. The molecule has 0 unspecified atom stereocenters. The first-order chi connectivity index (χ1) is 8.90. The standard InChI is InChI=1S/C15H18BrNO2/c1-15(2,3)19-14(18)17-10-4-5-12-6-8-13(11-16)9-7-12/h6-9H,10-11H2,1-3H3,(H,17,18). The molecule has 0 aliphatic rings. The highest BCUT2D eigenvalue weighted by Crippen LogP contribution is 2.07. The second kappa shape index (κ2) is 7.20. The van der Waals surface area contributed by atoms with Gasteiger partial charge in [0.1, 0.15) is 5.60 Å². The zero-order valence-electron chi connectivity index (χ0n) is 11.4. The summed E-state index contributed by atoms with van der Waals surface area (Å²) in [4.78, 5) is 11.3. The van der Waals surface area contributed by atoms with Crippen molar-refractivity contribution in [3.05, 3.63) is 35.4 Å². The van der Waals surface area contributed by atoms with Crippen LogP contribution in [-0.2, 0) is 10.1 Å². The van der Waals surface area contributed by atoms with Crippen molar-refractivity contribution in [2.75, 3.05) is 6.54 Å². The molecule has 1 aromatic rings. The molecule has 19 heavy (non-hydrogen) atoms. The lowest BCUT2D eigenvalue weighted by Gasteiger charge is -2.18. The topological polar surface area (TPSA) is 38.3 Å². The van der Waals surface area contributed by atoms with E-state index in [-0.39, 0.29) is 6.54 Å². The molecule has 0 aliphatic heterocycles. The van der Waals surface area contributed by atoms with Gasteiger partial charge in [-0.15, -0.1) is 0 Å². The van der Waals surface area contributed by atoms with Gasteiger partial charge in [-0.3, -0.25) is 0 Å². The number of hydrogen-bond donors (Lipinski definition) is 1. The van der Waals surface area contributed by atoms with E-state index in [0.717, 1.165) is 10.9 Å². The van der Waals surface area contributed by atoms with E-state index in [9.17, 15) is 4.79 Å². The van der Waals surface area contributed by atoms with Crippen molar-refractivity contribution >= 4 is 22.0 Å². The Hall–Kier alpha value is -1.47. The van der Waals surface area contributed by atoms with Crippen LogP contribution >= 0.6 is 15.9 Å². The normalized spacial score (nSPS) is 10.3. The summed E-state index contributed by atoms with van der Waals surface area (Å²) in [6.07, 6.45) is -0.448. The number of benzene rings is 1. The Labute approximate surface area is 122 Å². The molecule has 0 saturated heterocycles. The molecule has 1 aromatic carbocycles. The maximum atomic E-state index is 11.3. The summed E-state index contributed by atoms with van der Waals surface area (Å²) in [5, 5.41) is 3.42. The van der Waals surface area contributed by atoms with Gasteiger partial charge in [0.15, 0.2) is 0 Å². The lowest BCUT2D eigenvalue weighted by Crippen LogP contribution is -2.32. The summed E-state index contributed by atoms with van der Waals surface area (Å²) in [7, 11) is 0. The highest BCUT2D eigenvalue weighted by Gasteiger charge is 2.14. The van der Waals surface area contributed by atoms with Crippen LogP contribution in [0.1, 0.15) is 31.9 Å². The van der Waals surface area contributed by atoms with Crippen LogP contribution in [0.3, 0.4) is 0 Å².